The molecule has 7 nitrogen and oxygen atoms in total. The second-order valence-corrected chi connectivity index (χ2v) is 9.12. The molecule has 1 aromatic carbocycles. The van der Waals surface area contributed by atoms with Crippen LogP contribution in [-0.4, -0.2) is 58.9 Å². The molecule has 0 atom stereocenters. The largest absolute Gasteiger partial charge is 0.381 e. The van der Waals surface area contributed by atoms with Crippen LogP contribution in [0.5, 0.6) is 0 Å². The van der Waals surface area contributed by atoms with Gasteiger partial charge in [-0.3, -0.25) is 9.48 Å². The molecule has 0 spiro atoms. The molecule has 2 aromatic heterocycles. The number of rotatable bonds is 9. The predicted molar refractivity (Wildman–Crippen MR) is 131 cm³/mol. The molecule has 3 aromatic rings. The highest BCUT2D eigenvalue weighted by Crippen LogP contribution is 2.26. The van der Waals surface area contributed by atoms with Crippen LogP contribution in [0, 0.1) is 5.92 Å². The van der Waals surface area contributed by atoms with Crippen molar-refractivity contribution in [3.63, 3.8) is 0 Å². The lowest BCUT2D eigenvalue weighted by Gasteiger charge is -2.22. The number of nitrogens with one attached hydrogen (secondary N) is 1. The molecule has 1 saturated heterocycles. The number of aryl methyl sites for hydroxylation is 1. The average molecular weight is 450 g/mol. The summed E-state index contributed by atoms with van der Waals surface area (Å²) < 4.78 is 7.17. The van der Waals surface area contributed by atoms with Gasteiger partial charge in [-0.2, -0.15) is 5.10 Å². The zero-order valence-corrected chi connectivity index (χ0v) is 20.0. The van der Waals surface area contributed by atoms with Gasteiger partial charge in [0.1, 0.15) is 0 Å². The molecule has 0 saturated carbocycles. The van der Waals surface area contributed by atoms with Crippen LogP contribution in [0.15, 0.2) is 36.5 Å². The summed E-state index contributed by atoms with van der Waals surface area (Å²) >= 11 is 0. The number of amides is 1. The van der Waals surface area contributed by atoms with Crippen molar-refractivity contribution in [2.75, 3.05) is 33.4 Å². The van der Waals surface area contributed by atoms with Gasteiger partial charge in [-0.25, -0.2) is 4.98 Å². The van der Waals surface area contributed by atoms with E-state index < -0.39 is 0 Å². The van der Waals surface area contributed by atoms with Crippen molar-refractivity contribution in [1.29, 1.82) is 0 Å². The molecule has 1 N–H and O–H groups in total. The summed E-state index contributed by atoms with van der Waals surface area (Å²) in [6.45, 7) is 6.40. The minimum absolute atomic E-state index is 0.0707. The number of hydrogen-bond acceptors (Lipinski definition) is 5. The van der Waals surface area contributed by atoms with Crippen LogP contribution in [0.3, 0.4) is 0 Å². The Labute approximate surface area is 196 Å². The predicted octanol–water partition coefficient (Wildman–Crippen LogP) is 4.02. The van der Waals surface area contributed by atoms with Gasteiger partial charge in [0.05, 0.1) is 22.8 Å². The lowest BCUT2D eigenvalue weighted by molar-refractivity contribution is 0.0643. The summed E-state index contributed by atoms with van der Waals surface area (Å²) in [7, 11) is 4.02. The number of unbranched alkanes of at least 4 members (excludes halogenated alkanes) is 1. The quantitative estimate of drug-likeness (QED) is 0.534. The minimum Gasteiger partial charge on any atom is -0.381 e. The Morgan fingerprint density at radius 3 is 2.88 bits per heavy atom. The maximum Gasteiger partial charge on any atom is 0.252 e. The first kappa shape index (κ1) is 23.4. The van der Waals surface area contributed by atoms with Crippen LogP contribution in [0.1, 0.15) is 48.5 Å². The fraction of sp³-hybridized carbons (Fsp3) is 0.500. The number of ether oxygens (including phenoxy) is 1. The fourth-order valence-electron chi connectivity index (χ4n) is 4.38. The van der Waals surface area contributed by atoms with E-state index in [-0.39, 0.29) is 5.91 Å². The molecule has 176 valence electrons. The van der Waals surface area contributed by atoms with Crippen LogP contribution in [-0.2, 0) is 18.3 Å². The third kappa shape index (κ3) is 5.78. The Bertz CT molecular complexity index is 1090. The van der Waals surface area contributed by atoms with E-state index in [1.54, 1.807) is 10.9 Å². The number of carbonyl (C=O) groups is 1. The standard InChI is InChI=1S/C26H35N5O2/c1-4-5-11-30(2)18-20-7-6-8-21(14-20)24-15-22(23-17-28-31(3)25(23)29-24)26(32)27-16-19-9-12-33-13-10-19/h6-8,14-15,17,19H,4-5,9-13,16,18H2,1-3H3,(H,27,32). The van der Waals surface area contributed by atoms with Crippen LogP contribution < -0.4 is 5.32 Å². The van der Waals surface area contributed by atoms with E-state index >= 15 is 0 Å². The SMILES string of the molecule is CCCCN(C)Cc1cccc(-c2cc(C(=O)NCC3CCOCC3)c3cnn(C)c3n2)c1. The van der Waals surface area contributed by atoms with E-state index in [0.29, 0.717) is 23.7 Å². The van der Waals surface area contributed by atoms with E-state index in [4.69, 9.17) is 9.72 Å². The number of benzene rings is 1. The van der Waals surface area contributed by atoms with E-state index in [0.717, 1.165) is 55.8 Å². The molecule has 1 aliphatic heterocycles. The zero-order valence-electron chi connectivity index (χ0n) is 20.0. The second-order valence-electron chi connectivity index (χ2n) is 9.12. The highest BCUT2D eigenvalue weighted by molar-refractivity contribution is 6.06. The molecule has 1 fully saturated rings. The van der Waals surface area contributed by atoms with Gasteiger partial charge >= 0.3 is 0 Å². The molecule has 3 heterocycles. The van der Waals surface area contributed by atoms with Crippen molar-refractivity contribution in [3.8, 4) is 11.3 Å². The van der Waals surface area contributed by atoms with Crippen LogP contribution >= 0.6 is 0 Å². The number of pyridine rings is 1. The first-order valence-corrected chi connectivity index (χ1v) is 12.0. The Hall–Kier alpha value is -2.77. The van der Waals surface area contributed by atoms with Gasteiger partial charge in [0.15, 0.2) is 5.65 Å². The summed E-state index contributed by atoms with van der Waals surface area (Å²) in [5.74, 6) is 0.397. The van der Waals surface area contributed by atoms with Gasteiger partial charge in [-0.15, -0.1) is 0 Å². The van der Waals surface area contributed by atoms with Crippen molar-refractivity contribution in [2.45, 2.75) is 39.2 Å². The van der Waals surface area contributed by atoms with Gasteiger partial charge in [0.25, 0.3) is 5.91 Å². The van der Waals surface area contributed by atoms with Crippen molar-refractivity contribution >= 4 is 16.9 Å². The lowest BCUT2D eigenvalue weighted by atomic mass is 10.00. The highest BCUT2D eigenvalue weighted by Gasteiger charge is 2.19. The third-order valence-electron chi connectivity index (χ3n) is 6.41. The normalized spacial score (nSPS) is 14.8. The van der Waals surface area contributed by atoms with E-state index in [1.807, 2.05) is 13.1 Å². The molecule has 1 amide bonds. The molecule has 0 radical (unpaired) electrons. The number of carbonyl (C=O) groups excluding carboxylic acids is 1. The number of fused-ring (bicyclic) bond motifs is 1. The maximum absolute atomic E-state index is 13.2. The second kappa shape index (κ2) is 10.9. The van der Waals surface area contributed by atoms with Crippen molar-refractivity contribution in [1.82, 2.24) is 25.0 Å². The molecular formula is C26H35N5O2. The topological polar surface area (TPSA) is 72.3 Å². The Kier molecular flexibility index (Phi) is 7.73. The van der Waals surface area contributed by atoms with Crippen LogP contribution in [0.2, 0.25) is 0 Å². The Balaban J connectivity index is 1.59. The van der Waals surface area contributed by atoms with Crippen LogP contribution in [0.25, 0.3) is 22.3 Å². The van der Waals surface area contributed by atoms with Crippen LogP contribution in [0.4, 0.5) is 0 Å². The molecule has 0 unspecified atom stereocenters. The van der Waals surface area contributed by atoms with Gasteiger partial charge in [-0.1, -0.05) is 31.5 Å². The zero-order chi connectivity index (χ0) is 23.2. The average Bonchev–Trinajstić information content (AvgIpc) is 3.22. The van der Waals surface area contributed by atoms with Gasteiger partial charge < -0.3 is 15.0 Å². The number of nitrogens with zero attached hydrogens (tertiary/aromatic N) is 4. The third-order valence-corrected chi connectivity index (χ3v) is 6.41. The molecule has 33 heavy (non-hydrogen) atoms. The van der Waals surface area contributed by atoms with E-state index in [2.05, 4.69) is 53.6 Å². The maximum atomic E-state index is 13.2. The summed E-state index contributed by atoms with van der Waals surface area (Å²) in [4.78, 5) is 20.4. The summed E-state index contributed by atoms with van der Waals surface area (Å²) in [6, 6.07) is 10.4. The smallest absolute Gasteiger partial charge is 0.252 e. The first-order chi connectivity index (χ1) is 16.0. The number of aromatic nitrogens is 3. The van der Waals surface area contributed by atoms with Gasteiger partial charge in [-0.05, 0) is 56.5 Å². The van der Waals surface area contributed by atoms with Crippen molar-refractivity contribution < 1.29 is 9.53 Å². The Morgan fingerprint density at radius 1 is 1.27 bits per heavy atom. The highest BCUT2D eigenvalue weighted by atomic mass is 16.5. The Morgan fingerprint density at radius 2 is 2.09 bits per heavy atom. The summed E-state index contributed by atoms with van der Waals surface area (Å²) in [6.07, 6.45) is 6.10. The monoisotopic (exact) mass is 449 g/mol. The minimum atomic E-state index is -0.0707. The number of hydrogen-bond donors (Lipinski definition) is 1. The summed E-state index contributed by atoms with van der Waals surface area (Å²) in [5, 5.41) is 8.28. The first-order valence-electron chi connectivity index (χ1n) is 12.0. The molecule has 0 aliphatic carbocycles. The molecule has 1 aliphatic rings. The van der Waals surface area contributed by atoms with Gasteiger partial charge in [0, 0.05) is 38.9 Å². The van der Waals surface area contributed by atoms with E-state index in [9.17, 15) is 4.79 Å². The molecule has 7 heteroatoms. The van der Waals surface area contributed by atoms with Crippen molar-refractivity contribution in [2.24, 2.45) is 13.0 Å². The molecule has 0 bridgehead atoms. The lowest BCUT2D eigenvalue weighted by Crippen LogP contribution is -2.32. The summed E-state index contributed by atoms with van der Waals surface area (Å²) in [5.41, 5.74) is 4.39. The fourth-order valence-corrected chi connectivity index (χ4v) is 4.38. The molecule has 4 rings (SSSR count). The molecular weight excluding hydrogens is 414 g/mol. The van der Waals surface area contributed by atoms with E-state index in [1.165, 1.54) is 18.4 Å². The van der Waals surface area contributed by atoms with Gasteiger partial charge in [0.2, 0.25) is 0 Å². The van der Waals surface area contributed by atoms with Crippen molar-refractivity contribution in [3.05, 3.63) is 47.7 Å².